The maximum absolute atomic E-state index is 2.42. The Morgan fingerprint density at radius 3 is 2.60 bits per heavy atom. The zero-order chi connectivity index (χ0) is 7.56. The first-order chi connectivity index (χ1) is 4.68. The number of nitrogens with zero attached hydrogens (tertiary/aromatic N) is 1. The molecule has 1 nitrogen and oxygen atoms in total. The number of hydrogen-bond acceptors (Lipinski definition) is 2. The van der Waals surface area contributed by atoms with E-state index in [1.807, 2.05) is 0 Å². The van der Waals surface area contributed by atoms with Gasteiger partial charge in [-0.2, -0.15) is 11.8 Å². The molecule has 0 spiro atoms. The molecule has 1 aliphatic rings. The molecular weight excluding hydrogens is 142 g/mol. The molecule has 0 aromatic carbocycles. The first-order valence-corrected chi connectivity index (χ1v) is 4.97. The van der Waals surface area contributed by atoms with E-state index in [9.17, 15) is 0 Å². The summed E-state index contributed by atoms with van der Waals surface area (Å²) >= 11 is 2.12. The molecule has 1 saturated heterocycles. The fourth-order valence-electron chi connectivity index (χ4n) is 1.39. The summed E-state index contributed by atoms with van der Waals surface area (Å²) in [5.41, 5.74) is 0. The van der Waals surface area contributed by atoms with Crippen molar-refractivity contribution >= 4 is 11.8 Å². The highest BCUT2D eigenvalue weighted by Gasteiger charge is 2.20. The van der Waals surface area contributed by atoms with Gasteiger partial charge in [0.1, 0.15) is 0 Å². The van der Waals surface area contributed by atoms with Gasteiger partial charge >= 0.3 is 0 Å². The molecule has 0 radical (unpaired) electrons. The maximum Gasteiger partial charge on any atom is 0.0189 e. The lowest BCUT2D eigenvalue weighted by Crippen LogP contribution is -2.15. The molecule has 0 unspecified atom stereocenters. The Hall–Kier alpha value is 0.310. The van der Waals surface area contributed by atoms with Gasteiger partial charge in [0, 0.05) is 11.8 Å². The van der Waals surface area contributed by atoms with Crippen molar-refractivity contribution in [2.45, 2.75) is 30.8 Å². The molecule has 1 aliphatic heterocycles. The van der Waals surface area contributed by atoms with Gasteiger partial charge in [-0.3, -0.25) is 0 Å². The molecule has 1 heterocycles. The van der Waals surface area contributed by atoms with Gasteiger partial charge in [-0.05, 0) is 25.3 Å². The minimum absolute atomic E-state index is 0.802. The van der Waals surface area contributed by atoms with Crippen LogP contribution in [-0.4, -0.2) is 35.5 Å². The predicted molar refractivity (Wildman–Crippen MR) is 48.6 cm³/mol. The van der Waals surface area contributed by atoms with Crippen molar-refractivity contribution in [3.63, 3.8) is 0 Å². The van der Waals surface area contributed by atoms with E-state index in [2.05, 4.69) is 37.6 Å². The highest BCUT2D eigenvalue weighted by molar-refractivity contribution is 8.00. The Morgan fingerprint density at radius 2 is 2.20 bits per heavy atom. The second-order valence-electron chi connectivity index (χ2n) is 3.36. The van der Waals surface area contributed by atoms with Crippen molar-refractivity contribution in [2.24, 2.45) is 0 Å². The van der Waals surface area contributed by atoms with Crippen LogP contribution in [0.15, 0.2) is 0 Å². The third kappa shape index (κ3) is 2.51. The summed E-state index contributed by atoms with van der Waals surface area (Å²) in [4.78, 5) is 2.42. The summed E-state index contributed by atoms with van der Waals surface area (Å²) in [7, 11) is 2.21. The molecule has 1 rings (SSSR count). The largest absolute Gasteiger partial charge is 0.305 e. The van der Waals surface area contributed by atoms with Crippen LogP contribution in [0.2, 0.25) is 0 Å². The van der Waals surface area contributed by atoms with Crippen LogP contribution in [0.4, 0.5) is 0 Å². The number of likely N-dealkylation sites (tertiary alicyclic amines) is 1. The van der Waals surface area contributed by atoms with Gasteiger partial charge in [-0.25, -0.2) is 0 Å². The predicted octanol–water partition coefficient (Wildman–Crippen LogP) is 1.83. The Bertz CT molecular complexity index is 103. The van der Waals surface area contributed by atoms with Crippen molar-refractivity contribution in [1.82, 2.24) is 4.90 Å². The Kier molecular flexibility index (Phi) is 3.05. The van der Waals surface area contributed by atoms with Gasteiger partial charge in [0.05, 0.1) is 0 Å². The zero-order valence-corrected chi connectivity index (χ0v) is 7.95. The van der Waals surface area contributed by atoms with Crippen LogP contribution in [-0.2, 0) is 0 Å². The van der Waals surface area contributed by atoms with Gasteiger partial charge in [-0.15, -0.1) is 0 Å². The third-order valence-electron chi connectivity index (χ3n) is 1.81. The zero-order valence-electron chi connectivity index (χ0n) is 7.13. The minimum Gasteiger partial charge on any atom is -0.305 e. The molecule has 0 aliphatic carbocycles. The van der Waals surface area contributed by atoms with Crippen LogP contribution < -0.4 is 0 Å². The number of rotatable bonds is 2. The van der Waals surface area contributed by atoms with Crippen LogP contribution in [0.25, 0.3) is 0 Å². The van der Waals surface area contributed by atoms with Crippen LogP contribution in [0, 0.1) is 0 Å². The Morgan fingerprint density at radius 1 is 1.50 bits per heavy atom. The lowest BCUT2D eigenvalue weighted by Gasteiger charge is -2.11. The molecule has 0 aromatic rings. The van der Waals surface area contributed by atoms with Crippen LogP contribution in [0.3, 0.4) is 0 Å². The molecule has 1 fully saturated rings. The van der Waals surface area contributed by atoms with Crippen molar-refractivity contribution in [2.75, 3.05) is 20.1 Å². The second kappa shape index (κ2) is 3.63. The standard InChI is InChI=1S/C8H17NS/c1-7(2)10-8-4-5-9(3)6-8/h7-8H,4-6H2,1-3H3/t8-/m0/s1. The third-order valence-corrected chi connectivity index (χ3v) is 3.13. The highest BCUT2D eigenvalue weighted by atomic mass is 32.2. The molecule has 0 bridgehead atoms. The Labute approximate surface area is 68.2 Å². The van der Waals surface area contributed by atoms with Gasteiger partial charge < -0.3 is 4.90 Å². The monoisotopic (exact) mass is 159 g/mol. The van der Waals surface area contributed by atoms with E-state index in [0.717, 1.165) is 10.5 Å². The van der Waals surface area contributed by atoms with Crippen LogP contribution in [0.5, 0.6) is 0 Å². The van der Waals surface area contributed by atoms with Gasteiger partial charge in [0.15, 0.2) is 0 Å². The van der Waals surface area contributed by atoms with E-state index < -0.39 is 0 Å². The van der Waals surface area contributed by atoms with E-state index in [4.69, 9.17) is 0 Å². The van der Waals surface area contributed by atoms with Gasteiger partial charge in [0.2, 0.25) is 0 Å². The lowest BCUT2D eigenvalue weighted by molar-refractivity contribution is 0.419. The molecular formula is C8H17NS. The van der Waals surface area contributed by atoms with Crippen molar-refractivity contribution in [3.05, 3.63) is 0 Å². The molecule has 0 saturated carbocycles. The quantitative estimate of drug-likeness (QED) is 0.605. The van der Waals surface area contributed by atoms with Crippen molar-refractivity contribution in [3.8, 4) is 0 Å². The molecule has 10 heavy (non-hydrogen) atoms. The molecule has 60 valence electrons. The van der Waals surface area contributed by atoms with Crippen molar-refractivity contribution in [1.29, 1.82) is 0 Å². The molecule has 2 heteroatoms. The number of hydrogen-bond donors (Lipinski definition) is 0. The molecule has 0 amide bonds. The maximum atomic E-state index is 2.42. The van der Waals surface area contributed by atoms with Gasteiger partial charge in [0.25, 0.3) is 0 Å². The SMILES string of the molecule is CC(C)S[C@H]1CCN(C)C1. The average molecular weight is 159 g/mol. The van der Waals surface area contributed by atoms with E-state index in [-0.39, 0.29) is 0 Å². The lowest BCUT2D eigenvalue weighted by atomic mass is 10.4. The summed E-state index contributed by atoms with van der Waals surface area (Å²) in [6.07, 6.45) is 1.39. The van der Waals surface area contributed by atoms with Crippen LogP contribution in [0.1, 0.15) is 20.3 Å². The van der Waals surface area contributed by atoms with E-state index in [0.29, 0.717) is 0 Å². The topological polar surface area (TPSA) is 3.24 Å². The van der Waals surface area contributed by atoms with E-state index >= 15 is 0 Å². The summed E-state index contributed by atoms with van der Waals surface area (Å²) in [5, 5.41) is 1.71. The number of thioether (sulfide) groups is 1. The first-order valence-electron chi connectivity index (χ1n) is 4.02. The average Bonchev–Trinajstić information content (AvgIpc) is 2.13. The second-order valence-corrected chi connectivity index (χ2v) is 5.24. The Balaban J connectivity index is 2.18. The van der Waals surface area contributed by atoms with Gasteiger partial charge in [-0.1, -0.05) is 13.8 Å². The summed E-state index contributed by atoms with van der Waals surface area (Å²) in [6, 6.07) is 0. The minimum atomic E-state index is 0.802. The first kappa shape index (κ1) is 8.41. The molecule has 0 N–H and O–H groups in total. The molecule has 1 atom stereocenters. The molecule has 0 aromatic heterocycles. The fourth-order valence-corrected chi connectivity index (χ4v) is 2.74. The fraction of sp³-hybridized carbons (Fsp3) is 1.00. The summed E-state index contributed by atoms with van der Waals surface area (Å²) in [5.74, 6) is 0. The summed E-state index contributed by atoms with van der Waals surface area (Å²) < 4.78 is 0. The van der Waals surface area contributed by atoms with E-state index in [1.54, 1.807) is 0 Å². The normalized spacial score (nSPS) is 28.2. The van der Waals surface area contributed by atoms with Crippen molar-refractivity contribution < 1.29 is 0 Å². The van der Waals surface area contributed by atoms with E-state index in [1.165, 1.54) is 19.5 Å². The smallest absolute Gasteiger partial charge is 0.0189 e. The highest BCUT2D eigenvalue weighted by Crippen LogP contribution is 2.24. The van der Waals surface area contributed by atoms with Crippen LogP contribution >= 0.6 is 11.8 Å². The summed E-state index contributed by atoms with van der Waals surface area (Å²) in [6.45, 7) is 7.15.